The molecule has 1 aliphatic rings. The van der Waals surface area contributed by atoms with Gasteiger partial charge in [-0.3, -0.25) is 0 Å². The summed E-state index contributed by atoms with van der Waals surface area (Å²) in [5, 5.41) is 16.9. The molecule has 3 rings (SSSR count). The van der Waals surface area contributed by atoms with Gasteiger partial charge in [-0.2, -0.15) is 5.26 Å². The Labute approximate surface area is 147 Å². The van der Waals surface area contributed by atoms with Gasteiger partial charge >= 0.3 is 5.63 Å². The number of nitriles is 1. The van der Waals surface area contributed by atoms with E-state index in [0.717, 1.165) is 6.07 Å². The summed E-state index contributed by atoms with van der Waals surface area (Å²) in [6, 6.07) is 6.70. The maximum atomic E-state index is 14.2. The quantitative estimate of drug-likeness (QED) is 0.806. The number of fused-ring (bicyclic) bond motifs is 1. The first kappa shape index (κ1) is 19.1. The van der Waals surface area contributed by atoms with Crippen LogP contribution in [0, 0.1) is 29.9 Å². The molecule has 0 amide bonds. The van der Waals surface area contributed by atoms with Crippen molar-refractivity contribution in [2.75, 3.05) is 6.61 Å². The van der Waals surface area contributed by atoms with Gasteiger partial charge in [0, 0.05) is 18.2 Å². The second-order valence-corrected chi connectivity index (χ2v) is 5.31. The molecule has 136 valence electrons. The summed E-state index contributed by atoms with van der Waals surface area (Å²) in [7, 11) is 0. The first-order chi connectivity index (χ1) is 12.3. The number of ether oxygens (including phenoxy) is 1. The van der Waals surface area contributed by atoms with Crippen LogP contribution in [-0.4, -0.2) is 11.7 Å². The highest BCUT2D eigenvalue weighted by molar-refractivity contribution is 5.54. The van der Waals surface area contributed by atoms with Crippen molar-refractivity contribution in [3.63, 3.8) is 0 Å². The van der Waals surface area contributed by atoms with E-state index in [-0.39, 0.29) is 40.7 Å². The first-order valence-electron chi connectivity index (χ1n) is 7.62. The number of hydrogen-bond donors (Lipinski definition) is 2. The molecule has 2 heterocycles. The van der Waals surface area contributed by atoms with Gasteiger partial charge in [0.25, 0.3) is 0 Å². The molecule has 0 spiro atoms. The SMILES string of the molecule is CCO.Cc1cc2c(c(=O)o1)C(c1cccc(F)c1F)C(C#N)=C(N)O2. The Morgan fingerprint density at radius 2 is 2.04 bits per heavy atom. The van der Waals surface area contributed by atoms with Crippen molar-refractivity contribution < 1.29 is 23.0 Å². The van der Waals surface area contributed by atoms with Gasteiger partial charge < -0.3 is 20.0 Å². The van der Waals surface area contributed by atoms with Crippen LogP contribution < -0.4 is 16.1 Å². The van der Waals surface area contributed by atoms with Crippen LogP contribution in [-0.2, 0) is 0 Å². The average Bonchev–Trinajstić information content (AvgIpc) is 2.56. The number of nitrogens with zero attached hydrogens (tertiary/aromatic N) is 1. The van der Waals surface area contributed by atoms with E-state index in [0.29, 0.717) is 0 Å². The summed E-state index contributed by atoms with van der Waals surface area (Å²) >= 11 is 0. The van der Waals surface area contributed by atoms with Crippen LogP contribution in [0.5, 0.6) is 5.75 Å². The smallest absolute Gasteiger partial charge is 0.343 e. The summed E-state index contributed by atoms with van der Waals surface area (Å²) in [4.78, 5) is 12.2. The van der Waals surface area contributed by atoms with E-state index in [9.17, 15) is 18.8 Å². The summed E-state index contributed by atoms with van der Waals surface area (Å²) in [5.41, 5.74) is 4.45. The van der Waals surface area contributed by atoms with Crippen LogP contribution >= 0.6 is 0 Å². The lowest BCUT2D eigenvalue weighted by molar-refractivity contribution is 0.318. The minimum Gasteiger partial charge on any atom is -0.440 e. The van der Waals surface area contributed by atoms with E-state index in [2.05, 4.69) is 0 Å². The Balaban J connectivity index is 0.000000758. The number of aryl methyl sites for hydroxylation is 1. The summed E-state index contributed by atoms with van der Waals surface area (Å²) in [5.74, 6) is -3.40. The van der Waals surface area contributed by atoms with Crippen molar-refractivity contribution in [1.82, 2.24) is 0 Å². The minimum absolute atomic E-state index is 0.0592. The van der Waals surface area contributed by atoms with Crippen molar-refractivity contribution in [2.45, 2.75) is 19.8 Å². The van der Waals surface area contributed by atoms with Crippen LogP contribution in [0.25, 0.3) is 0 Å². The van der Waals surface area contributed by atoms with Gasteiger partial charge in [-0.05, 0) is 19.9 Å². The number of hydrogen-bond acceptors (Lipinski definition) is 6. The molecule has 1 aromatic heterocycles. The Hall–Kier alpha value is -3.18. The van der Waals surface area contributed by atoms with Crippen molar-refractivity contribution in [2.24, 2.45) is 5.73 Å². The van der Waals surface area contributed by atoms with Crippen LogP contribution in [0.2, 0.25) is 0 Å². The zero-order chi connectivity index (χ0) is 19.4. The van der Waals surface area contributed by atoms with Gasteiger partial charge in [0.05, 0.1) is 11.5 Å². The number of allylic oxidation sites excluding steroid dienone is 1. The molecule has 2 aromatic rings. The predicted molar refractivity (Wildman–Crippen MR) is 88.1 cm³/mol. The van der Waals surface area contributed by atoms with Gasteiger partial charge in [0.1, 0.15) is 23.2 Å². The molecule has 0 aliphatic carbocycles. The molecule has 1 aromatic carbocycles. The van der Waals surface area contributed by atoms with E-state index in [4.69, 9.17) is 20.0 Å². The molecule has 0 radical (unpaired) electrons. The molecule has 26 heavy (non-hydrogen) atoms. The van der Waals surface area contributed by atoms with Crippen molar-refractivity contribution in [1.29, 1.82) is 5.26 Å². The zero-order valence-corrected chi connectivity index (χ0v) is 14.0. The topological polar surface area (TPSA) is 109 Å². The normalized spacial score (nSPS) is 15.3. The van der Waals surface area contributed by atoms with Crippen LogP contribution in [0.15, 0.2) is 44.9 Å². The number of rotatable bonds is 1. The molecule has 8 heteroatoms. The third-order valence-corrected chi connectivity index (χ3v) is 3.55. The second kappa shape index (κ2) is 7.80. The number of aliphatic hydroxyl groups excluding tert-OH is 1. The van der Waals surface area contributed by atoms with E-state index < -0.39 is 23.2 Å². The molecule has 0 fully saturated rings. The largest absolute Gasteiger partial charge is 0.440 e. The fraction of sp³-hybridized carbons (Fsp3) is 0.222. The highest BCUT2D eigenvalue weighted by Gasteiger charge is 2.36. The Kier molecular flexibility index (Phi) is 5.75. The molecule has 0 saturated carbocycles. The van der Waals surface area contributed by atoms with Crippen molar-refractivity contribution >= 4 is 0 Å². The Bertz CT molecular complexity index is 961. The zero-order valence-electron chi connectivity index (χ0n) is 14.0. The standard InChI is InChI=1S/C16H10F2N2O3.C2H6O/c1-7-5-11-13(16(21)22-7)12(9(6-19)15(20)23-11)8-3-2-4-10(17)14(8)18;1-2-3/h2-5,12H,20H2,1H3;3H,2H2,1H3. The molecular weight excluding hydrogens is 346 g/mol. The summed E-state index contributed by atoms with van der Waals surface area (Å²) in [6.45, 7) is 3.46. The molecule has 1 aliphatic heterocycles. The maximum Gasteiger partial charge on any atom is 0.343 e. The maximum absolute atomic E-state index is 14.2. The summed E-state index contributed by atoms with van der Waals surface area (Å²) < 4.78 is 38.1. The van der Waals surface area contributed by atoms with E-state index >= 15 is 0 Å². The number of benzene rings is 1. The molecule has 0 saturated heterocycles. The molecule has 1 atom stereocenters. The third kappa shape index (κ3) is 3.43. The molecule has 3 N–H and O–H groups in total. The number of halogens is 2. The second-order valence-electron chi connectivity index (χ2n) is 5.31. The number of aliphatic hydroxyl groups is 1. The first-order valence-corrected chi connectivity index (χ1v) is 7.62. The fourth-order valence-electron chi connectivity index (χ4n) is 2.57. The number of nitrogens with two attached hydrogens (primary N) is 1. The van der Waals surface area contributed by atoms with Crippen LogP contribution in [0.1, 0.15) is 29.7 Å². The minimum atomic E-state index is -1.20. The Morgan fingerprint density at radius 1 is 1.38 bits per heavy atom. The predicted octanol–water partition coefficient (Wildman–Crippen LogP) is 2.44. The molecular formula is C18H16F2N2O4. The Morgan fingerprint density at radius 3 is 2.65 bits per heavy atom. The lowest BCUT2D eigenvalue weighted by atomic mass is 9.84. The van der Waals surface area contributed by atoms with Crippen molar-refractivity contribution in [3.05, 3.63) is 74.7 Å². The fourth-order valence-corrected chi connectivity index (χ4v) is 2.57. The highest BCUT2D eigenvalue weighted by atomic mass is 19.2. The third-order valence-electron chi connectivity index (χ3n) is 3.55. The van der Waals surface area contributed by atoms with Crippen molar-refractivity contribution in [3.8, 4) is 11.8 Å². The van der Waals surface area contributed by atoms with E-state index in [1.54, 1.807) is 13.0 Å². The highest BCUT2D eigenvalue weighted by Crippen LogP contribution is 2.41. The van der Waals surface area contributed by atoms with Gasteiger partial charge in [0.15, 0.2) is 11.6 Å². The lowest BCUT2D eigenvalue weighted by Crippen LogP contribution is -2.27. The molecule has 0 bridgehead atoms. The van der Waals surface area contributed by atoms with Crippen LogP contribution in [0.3, 0.4) is 0 Å². The van der Waals surface area contributed by atoms with Gasteiger partial charge in [-0.25, -0.2) is 13.6 Å². The van der Waals surface area contributed by atoms with Gasteiger partial charge in [0.2, 0.25) is 5.88 Å². The van der Waals surface area contributed by atoms with E-state index in [1.807, 2.05) is 0 Å². The van der Waals surface area contributed by atoms with Gasteiger partial charge in [-0.1, -0.05) is 12.1 Å². The van der Waals surface area contributed by atoms with Crippen LogP contribution in [0.4, 0.5) is 8.78 Å². The van der Waals surface area contributed by atoms with Gasteiger partial charge in [-0.15, -0.1) is 0 Å². The van der Waals surface area contributed by atoms with E-state index in [1.165, 1.54) is 25.1 Å². The average molecular weight is 362 g/mol. The molecule has 6 nitrogen and oxygen atoms in total. The lowest BCUT2D eigenvalue weighted by Gasteiger charge is -2.25. The monoisotopic (exact) mass is 362 g/mol. The molecule has 1 unspecified atom stereocenters. The summed E-state index contributed by atoms with van der Waals surface area (Å²) in [6.07, 6.45) is 0.